The van der Waals surface area contributed by atoms with Gasteiger partial charge in [-0.25, -0.2) is 0 Å². The fraction of sp³-hybridized carbons (Fsp3) is 0.429. The number of nitrogens with zero attached hydrogens (tertiary/aromatic N) is 3. The van der Waals surface area contributed by atoms with E-state index in [0.717, 1.165) is 10.3 Å². The van der Waals surface area contributed by atoms with Gasteiger partial charge >= 0.3 is 0 Å². The van der Waals surface area contributed by atoms with Crippen molar-refractivity contribution in [2.45, 2.75) is 0 Å². The van der Waals surface area contributed by atoms with E-state index < -0.39 is 0 Å². The van der Waals surface area contributed by atoms with Gasteiger partial charge in [0.25, 0.3) is 0 Å². The highest BCUT2D eigenvalue weighted by atomic mass is 32.1. The first-order chi connectivity index (χ1) is 5.05. The Morgan fingerprint density at radius 2 is 2.18 bits per heavy atom. The van der Waals surface area contributed by atoms with Gasteiger partial charge in [0.1, 0.15) is 0 Å². The first kappa shape index (κ1) is 8.36. The lowest BCUT2D eigenvalue weighted by Gasteiger charge is -2.21. The topological polar surface area (TPSA) is 17.8 Å². The van der Waals surface area contributed by atoms with Gasteiger partial charge in [-0.15, -0.1) is 0 Å². The average Bonchev–Trinajstić information content (AvgIpc) is 2.31. The van der Waals surface area contributed by atoms with Gasteiger partial charge in [-0.05, 0) is 0 Å². The van der Waals surface area contributed by atoms with Crippen LogP contribution in [0.4, 0.5) is 5.82 Å². The van der Waals surface area contributed by atoms with Crippen LogP contribution in [0.5, 0.6) is 0 Å². The molecule has 4 heteroatoms. The Balaban J connectivity index is 3.12. The predicted molar refractivity (Wildman–Crippen MR) is 50.8 cm³/mol. The largest absolute Gasteiger partial charge is 0.282 e. The monoisotopic (exact) mass is 170 g/mol. The van der Waals surface area contributed by atoms with E-state index in [9.17, 15) is 0 Å². The van der Waals surface area contributed by atoms with Gasteiger partial charge in [0.2, 0.25) is 5.82 Å². The molecule has 0 bridgehead atoms. The Morgan fingerprint density at radius 3 is 2.55 bits per heavy atom. The number of aromatic nitrogens is 2. The maximum Gasteiger partial charge on any atom is 0.230 e. The Bertz CT molecular complexity index is 259. The summed E-state index contributed by atoms with van der Waals surface area (Å²) in [5.74, 6) is 1.08. The van der Waals surface area contributed by atoms with Gasteiger partial charge in [0.15, 0.2) is 0 Å². The first-order valence-electron chi connectivity index (χ1n) is 3.36. The first-order valence-corrected chi connectivity index (χ1v) is 3.83. The molecule has 0 atom stereocenters. The van der Waals surface area contributed by atoms with E-state index in [2.05, 4.69) is 26.2 Å². The van der Waals surface area contributed by atoms with Crippen LogP contribution < -0.4 is 4.48 Å². The molecule has 0 spiro atoms. The van der Waals surface area contributed by atoms with Crippen molar-refractivity contribution in [1.29, 1.82) is 0 Å². The van der Waals surface area contributed by atoms with E-state index in [1.807, 2.05) is 6.07 Å². The molecule has 3 nitrogen and oxygen atoms in total. The zero-order valence-corrected chi connectivity index (χ0v) is 7.80. The van der Waals surface area contributed by atoms with Crippen LogP contribution in [-0.4, -0.2) is 36.4 Å². The van der Waals surface area contributed by atoms with E-state index >= 15 is 0 Å². The second-order valence-electron chi connectivity index (χ2n) is 3.25. The summed E-state index contributed by atoms with van der Waals surface area (Å²) < 4.78 is 2.43. The summed E-state index contributed by atoms with van der Waals surface area (Å²) in [6.45, 7) is 0. The summed E-state index contributed by atoms with van der Waals surface area (Å²) in [5, 5.41) is 4.04. The third-order valence-corrected chi connectivity index (χ3v) is 1.64. The minimum absolute atomic E-state index is 0.729. The summed E-state index contributed by atoms with van der Waals surface area (Å²) in [5.41, 5.74) is 1.54. The van der Waals surface area contributed by atoms with Crippen molar-refractivity contribution in [2.24, 2.45) is 0 Å². The van der Waals surface area contributed by atoms with Gasteiger partial charge in [-0.2, -0.15) is 9.78 Å². The van der Waals surface area contributed by atoms with E-state index in [0.29, 0.717) is 0 Å². The van der Waals surface area contributed by atoms with Crippen molar-refractivity contribution in [3.05, 3.63) is 12.3 Å². The molecular weight excluding hydrogens is 158 g/mol. The molecule has 1 aromatic heterocycles. The van der Waals surface area contributed by atoms with Crippen LogP contribution in [0, 0.1) is 0 Å². The molecular formula is C7H12N3S+. The molecule has 0 aliphatic rings. The minimum Gasteiger partial charge on any atom is -0.282 e. The smallest absolute Gasteiger partial charge is 0.230 e. The third-order valence-electron chi connectivity index (χ3n) is 1.44. The number of hydrogen-bond donors (Lipinski definition) is 0. The Morgan fingerprint density at radius 1 is 1.55 bits per heavy atom. The SMILES string of the molecule is C[N+](C)(C)c1ccnn1C=S. The maximum absolute atomic E-state index is 4.79. The van der Waals surface area contributed by atoms with Crippen LogP contribution in [0.1, 0.15) is 0 Å². The quantitative estimate of drug-likeness (QED) is 0.484. The number of thiocarbonyl (C=S) groups is 1. The fourth-order valence-electron chi connectivity index (χ4n) is 0.920. The summed E-state index contributed by atoms with van der Waals surface area (Å²) in [7, 11) is 6.23. The number of quaternary nitrogens is 1. The number of rotatable bonds is 2. The highest BCUT2D eigenvalue weighted by molar-refractivity contribution is 7.78. The van der Waals surface area contributed by atoms with Crippen molar-refractivity contribution < 1.29 is 0 Å². The normalized spacial score (nSPS) is 11.5. The molecule has 0 saturated carbocycles. The van der Waals surface area contributed by atoms with Gasteiger partial charge < -0.3 is 0 Å². The lowest BCUT2D eigenvalue weighted by molar-refractivity contribution is 0.465. The lowest BCUT2D eigenvalue weighted by atomic mass is 10.5. The van der Waals surface area contributed by atoms with Crippen LogP contribution in [0.2, 0.25) is 0 Å². The van der Waals surface area contributed by atoms with E-state index in [1.165, 1.54) is 0 Å². The molecule has 0 fully saturated rings. The summed E-state index contributed by atoms with van der Waals surface area (Å²) in [4.78, 5) is 0. The van der Waals surface area contributed by atoms with Crippen molar-refractivity contribution in [2.75, 3.05) is 21.1 Å². The molecule has 11 heavy (non-hydrogen) atoms. The van der Waals surface area contributed by atoms with Gasteiger partial charge in [-0.1, -0.05) is 12.2 Å². The van der Waals surface area contributed by atoms with Crippen molar-refractivity contribution >= 4 is 23.5 Å². The van der Waals surface area contributed by atoms with Gasteiger partial charge in [0.05, 0.1) is 32.8 Å². The summed E-state index contributed by atoms with van der Waals surface area (Å²) in [6, 6.07) is 1.96. The Labute approximate surface area is 71.8 Å². The van der Waals surface area contributed by atoms with E-state index in [4.69, 9.17) is 12.2 Å². The highest BCUT2D eigenvalue weighted by Gasteiger charge is 2.16. The summed E-state index contributed by atoms with van der Waals surface area (Å²) >= 11 is 4.79. The minimum atomic E-state index is 0.729. The average molecular weight is 170 g/mol. The van der Waals surface area contributed by atoms with Crippen LogP contribution in [0.25, 0.3) is 0 Å². The van der Waals surface area contributed by atoms with Gasteiger partial charge in [0, 0.05) is 6.07 Å². The van der Waals surface area contributed by atoms with E-state index in [-0.39, 0.29) is 0 Å². The molecule has 0 aromatic carbocycles. The van der Waals surface area contributed by atoms with Crippen molar-refractivity contribution in [3.8, 4) is 0 Å². The van der Waals surface area contributed by atoms with Crippen LogP contribution in [-0.2, 0) is 0 Å². The molecule has 60 valence electrons. The van der Waals surface area contributed by atoms with Crippen LogP contribution >= 0.6 is 12.2 Å². The van der Waals surface area contributed by atoms with Crippen molar-refractivity contribution in [1.82, 2.24) is 14.3 Å². The lowest BCUT2D eigenvalue weighted by Crippen LogP contribution is -2.36. The molecule has 1 heterocycles. The standard InChI is InChI=1S/C7H12N3S/c1-10(2,3)7-4-5-8-9(7)6-11/h4-6H,1-3H3/q+1. The fourth-order valence-corrected chi connectivity index (χ4v) is 1.08. The zero-order valence-electron chi connectivity index (χ0n) is 6.98. The Kier molecular flexibility index (Phi) is 2.06. The molecule has 0 aliphatic carbocycles. The molecule has 0 amide bonds. The Hall–Kier alpha value is -0.740. The van der Waals surface area contributed by atoms with Crippen LogP contribution in [0.3, 0.4) is 0 Å². The molecule has 0 N–H and O–H groups in total. The molecule has 0 saturated heterocycles. The van der Waals surface area contributed by atoms with Crippen LogP contribution in [0.15, 0.2) is 12.3 Å². The second kappa shape index (κ2) is 2.71. The predicted octanol–water partition coefficient (Wildman–Crippen LogP) is 0.885. The molecule has 0 aliphatic heterocycles. The second-order valence-corrected chi connectivity index (χ2v) is 3.46. The summed E-state index contributed by atoms with van der Waals surface area (Å²) in [6.07, 6.45) is 1.75. The highest BCUT2D eigenvalue weighted by Crippen LogP contribution is 2.13. The molecule has 0 radical (unpaired) electrons. The molecule has 1 rings (SSSR count). The number of hydrogen-bond acceptors (Lipinski definition) is 2. The third kappa shape index (κ3) is 1.64. The van der Waals surface area contributed by atoms with Crippen molar-refractivity contribution in [3.63, 3.8) is 0 Å². The van der Waals surface area contributed by atoms with E-state index in [1.54, 1.807) is 16.4 Å². The maximum atomic E-state index is 4.79. The van der Waals surface area contributed by atoms with Gasteiger partial charge in [-0.3, -0.25) is 4.48 Å². The molecule has 1 aromatic rings. The molecule has 0 unspecified atom stereocenters. The zero-order chi connectivity index (χ0) is 8.48.